The maximum atomic E-state index is 13.9. The van der Waals surface area contributed by atoms with Crippen LogP contribution in [0.25, 0.3) is 0 Å². The van der Waals surface area contributed by atoms with Crippen LogP contribution in [0.4, 0.5) is 8.78 Å². The Morgan fingerprint density at radius 1 is 1.18 bits per heavy atom. The van der Waals surface area contributed by atoms with Gasteiger partial charge in [0, 0.05) is 0 Å². The Morgan fingerprint density at radius 3 is 2.24 bits per heavy atom. The fourth-order valence-electron chi connectivity index (χ4n) is 1.93. The van der Waals surface area contributed by atoms with Crippen LogP contribution < -0.4 is 5.73 Å². The number of amidine groups is 1. The van der Waals surface area contributed by atoms with Gasteiger partial charge in [0.1, 0.15) is 5.84 Å². The average Bonchev–Trinajstić information content (AvgIpc) is 2.28. The number of nitrogen functional groups attached to an aromatic ring is 1. The molecule has 3 N–H and O–H groups in total. The van der Waals surface area contributed by atoms with E-state index in [-0.39, 0.29) is 5.56 Å². The van der Waals surface area contributed by atoms with Crippen molar-refractivity contribution in [2.45, 2.75) is 39.5 Å². The topological polar surface area (TPSA) is 49.9 Å². The fraction of sp³-hybridized carbons (Fsp3) is 0.462. The molecule has 0 aromatic heterocycles. The molecule has 0 atom stereocenters. The van der Waals surface area contributed by atoms with E-state index in [1.807, 2.05) is 13.8 Å². The van der Waals surface area contributed by atoms with Crippen molar-refractivity contribution in [3.8, 4) is 0 Å². The highest BCUT2D eigenvalue weighted by Gasteiger charge is 2.18. The molecule has 0 fully saturated rings. The third-order valence-corrected chi connectivity index (χ3v) is 2.71. The van der Waals surface area contributed by atoms with E-state index in [2.05, 4.69) is 0 Å². The lowest BCUT2D eigenvalue weighted by Crippen LogP contribution is -2.16. The largest absolute Gasteiger partial charge is 0.384 e. The summed E-state index contributed by atoms with van der Waals surface area (Å²) < 4.78 is 27.5. The van der Waals surface area contributed by atoms with Gasteiger partial charge in [0.25, 0.3) is 0 Å². The number of aryl methyl sites for hydroxylation is 1. The van der Waals surface area contributed by atoms with Crippen LogP contribution in [0.15, 0.2) is 6.07 Å². The summed E-state index contributed by atoms with van der Waals surface area (Å²) in [6.07, 6.45) is 2.79. The van der Waals surface area contributed by atoms with Crippen molar-refractivity contribution >= 4 is 5.84 Å². The number of hydrogen-bond donors (Lipinski definition) is 2. The minimum Gasteiger partial charge on any atom is -0.384 e. The van der Waals surface area contributed by atoms with Crippen molar-refractivity contribution in [2.24, 2.45) is 5.73 Å². The predicted molar refractivity (Wildman–Crippen MR) is 65.4 cm³/mol. The molecule has 0 amide bonds. The second-order valence-corrected chi connectivity index (χ2v) is 4.10. The van der Waals surface area contributed by atoms with Crippen molar-refractivity contribution in [3.63, 3.8) is 0 Å². The summed E-state index contributed by atoms with van der Waals surface area (Å²) in [4.78, 5) is 0. The quantitative estimate of drug-likeness (QED) is 0.603. The summed E-state index contributed by atoms with van der Waals surface area (Å²) in [5.41, 5.74) is 6.31. The molecule has 0 saturated heterocycles. The van der Waals surface area contributed by atoms with Gasteiger partial charge in [-0.1, -0.05) is 26.7 Å². The van der Waals surface area contributed by atoms with Crippen molar-refractivity contribution < 1.29 is 8.78 Å². The number of hydrogen-bond acceptors (Lipinski definition) is 1. The monoisotopic (exact) mass is 240 g/mol. The first-order chi connectivity index (χ1) is 8.02. The SMILES string of the molecule is CCCc1cc(C(=N)N)c(F)c(F)c1CCC. The molecule has 1 rings (SSSR count). The van der Waals surface area contributed by atoms with Crippen LogP contribution in [0.3, 0.4) is 0 Å². The molecule has 0 saturated carbocycles. The molecule has 0 bridgehead atoms. The second kappa shape index (κ2) is 5.75. The summed E-state index contributed by atoms with van der Waals surface area (Å²) in [7, 11) is 0. The van der Waals surface area contributed by atoms with Crippen molar-refractivity contribution in [2.75, 3.05) is 0 Å². The summed E-state index contributed by atoms with van der Waals surface area (Å²) in [6.45, 7) is 3.90. The van der Waals surface area contributed by atoms with E-state index in [9.17, 15) is 8.78 Å². The Balaban J connectivity index is 3.38. The first-order valence-electron chi connectivity index (χ1n) is 5.87. The average molecular weight is 240 g/mol. The maximum absolute atomic E-state index is 13.9. The summed E-state index contributed by atoms with van der Waals surface area (Å²) in [6, 6.07) is 1.51. The molecule has 1 aromatic carbocycles. The highest BCUT2D eigenvalue weighted by atomic mass is 19.2. The highest BCUT2D eigenvalue weighted by molar-refractivity contribution is 5.95. The van der Waals surface area contributed by atoms with Crippen LogP contribution in [-0.4, -0.2) is 5.84 Å². The van der Waals surface area contributed by atoms with Crippen LogP contribution in [0.1, 0.15) is 43.4 Å². The molecule has 0 spiro atoms. The van der Waals surface area contributed by atoms with Crippen LogP contribution in [0, 0.1) is 17.0 Å². The minimum absolute atomic E-state index is 0.134. The van der Waals surface area contributed by atoms with Crippen LogP contribution in [-0.2, 0) is 12.8 Å². The van der Waals surface area contributed by atoms with Gasteiger partial charge in [-0.25, -0.2) is 8.78 Å². The molecule has 0 radical (unpaired) electrons. The molecule has 2 nitrogen and oxygen atoms in total. The lowest BCUT2D eigenvalue weighted by Gasteiger charge is -2.13. The number of benzene rings is 1. The van der Waals surface area contributed by atoms with Gasteiger partial charge >= 0.3 is 0 Å². The van der Waals surface area contributed by atoms with Crippen LogP contribution in [0.2, 0.25) is 0 Å². The zero-order valence-corrected chi connectivity index (χ0v) is 10.2. The molecule has 1 aromatic rings. The van der Waals surface area contributed by atoms with Gasteiger partial charge in [0.2, 0.25) is 0 Å². The standard InChI is InChI=1S/C13H18F2N2/c1-3-5-8-7-10(13(16)17)12(15)11(14)9(8)6-4-2/h7H,3-6H2,1-2H3,(H3,16,17). The first kappa shape index (κ1) is 13.6. The van der Waals surface area contributed by atoms with Crippen molar-refractivity contribution in [3.05, 3.63) is 34.4 Å². The van der Waals surface area contributed by atoms with E-state index >= 15 is 0 Å². The lowest BCUT2D eigenvalue weighted by atomic mass is 9.95. The molecule has 4 heteroatoms. The van der Waals surface area contributed by atoms with E-state index < -0.39 is 17.5 Å². The summed E-state index contributed by atoms with van der Waals surface area (Å²) in [5, 5.41) is 7.25. The van der Waals surface area contributed by atoms with Crippen molar-refractivity contribution in [1.82, 2.24) is 0 Å². The van der Waals surface area contributed by atoms with Gasteiger partial charge in [-0.2, -0.15) is 0 Å². The van der Waals surface area contributed by atoms with E-state index in [1.165, 1.54) is 6.07 Å². The van der Waals surface area contributed by atoms with Gasteiger partial charge in [0.05, 0.1) is 5.56 Å². The Morgan fingerprint density at radius 2 is 1.76 bits per heavy atom. The normalized spacial score (nSPS) is 10.6. The number of nitrogens with two attached hydrogens (primary N) is 1. The number of rotatable bonds is 5. The van der Waals surface area contributed by atoms with E-state index in [0.29, 0.717) is 18.4 Å². The molecule has 17 heavy (non-hydrogen) atoms. The molecule has 94 valence electrons. The third-order valence-electron chi connectivity index (χ3n) is 2.71. The molecule has 0 aliphatic heterocycles. The molecule has 0 aliphatic carbocycles. The molecule has 0 unspecified atom stereocenters. The predicted octanol–water partition coefficient (Wildman–Crippen LogP) is 3.15. The van der Waals surface area contributed by atoms with Gasteiger partial charge < -0.3 is 5.73 Å². The van der Waals surface area contributed by atoms with Crippen molar-refractivity contribution in [1.29, 1.82) is 5.41 Å². The fourth-order valence-corrected chi connectivity index (χ4v) is 1.93. The number of halogens is 2. The van der Waals surface area contributed by atoms with Gasteiger partial charge in [-0.3, -0.25) is 5.41 Å². The second-order valence-electron chi connectivity index (χ2n) is 4.10. The van der Waals surface area contributed by atoms with E-state index in [1.54, 1.807) is 0 Å². The lowest BCUT2D eigenvalue weighted by molar-refractivity contribution is 0.494. The minimum atomic E-state index is -0.999. The highest BCUT2D eigenvalue weighted by Crippen LogP contribution is 2.23. The summed E-state index contributed by atoms with van der Waals surface area (Å²) >= 11 is 0. The number of nitrogens with one attached hydrogen (secondary N) is 1. The molecular formula is C13H18F2N2. The van der Waals surface area contributed by atoms with Gasteiger partial charge in [0.15, 0.2) is 11.6 Å². The van der Waals surface area contributed by atoms with E-state index in [4.69, 9.17) is 11.1 Å². The Labute approximate surface area is 100 Å². The Kier molecular flexibility index (Phi) is 4.61. The Hall–Kier alpha value is -1.45. The third kappa shape index (κ3) is 2.81. The van der Waals surface area contributed by atoms with Gasteiger partial charge in [-0.15, -0.1) is 0 Å². The smallest absolute Gasteiger partial charge is 0.170 e. The zero-order chi connectivity index (χ0) is 13.0. The first-order valence-corrected chi connectivity index (χ1v) is 5.87. The Bertz CT molecular complexity index is 428. The zero-order valence-electron chi connectivity index (χ0n) is 10.2. The van der Waals surface area contributed by atoms with Crippen LogP contribution >= 0.6 is 0 Å². The molecule has 0 aliphatic rings. The molecular weight excluding hydrogens is 222 g/mol. The maximum Gasteiger partial charge on any atom is 0.170 e. The van der Waals surface area contributed by atoms with Crippen LogP contribution in [0.5, 0.6) is 0 Å². The van der Waals surface area contributed by atoms with Gasteiger partial charge in [-0.05, 0) is 30.0 Å². The molecule has 0 heterocycles. The summed E-state index contributed by atoms with van der Waals surface area (Å²) in [5.74, 6) is -2.27. The van der Waals surface area contributed by atoms with E-state index in [0.717, 1.165) is 18.4 Å².